The average Bonchev–Trinajstić information content (AvgIpc) is 2.77. The number of carbonyl (C=O) groups excluding carboxylic acids is 1. The Labute approximate surface area is 193 Å². The summed E-state index contributed by atoms with van der Waals surface area (Å²) < 4.78 is 33.8. The zero-order chi connectivity index (χ0) is 23.3. The van der Waals surface area contributed by atoms with Crippen LogP contribution in [0, 0.1) is 13.8 Å². The van der Waals surface area contributed by atoms with Gasteiger partial charge in [0.1, 0.15) is 11.8 Å². The number of carbonyl (C=O) groups is 1. The van der Waals surface area contributed by atoms with Crippen LogP contribution >= 0.6 is 11.6 Å². The molecule has 3 rings (SSSR count). The van der Waals surface area contributed by atoms with Gasteiger partial charge in [-0.05, 0) is 61.2 Å². The fourth-order valence-corrected chi connectivity index (χ4v) is 4.76. The molecule has 0 aliphatic rings. The lowest BCUT2D eigenvalue weighted by molar-refractivity contribution is -0.117. The minimum atomic E-state index is -4.03. The van der Waals surface area contributed by atoms with E-state index in [1.807, 2.05) is 56.3 Å². The summed E-state index contributed by atoms with van der Waals surface area (Å²) in [5, 5.41) is 3.02. The lowest BCUT2D eigenvalue weighted by atomic mass is 10.0. The second-order valence-electron chi connectivity index (χ2n) is 7.40. The normalized spacial score (nSPS) is 12.2. The van der Waals surface area contributed by atoms with Gasteiger partial charge in [0.2, 0.25) is 15.9 Å². The maximum absolute atomic E-state index is 13.2. The van der Waals surface area contributed by atoms with Crippen molar-refractivity contribution in [2.75, 3.05) is 12.4 Å². The molecule has 0 aliphatic heterocycles. The van der Waals surface area contributed by atoms with Gasteiger partial charge >= 0.3 is 0 Å². The van der Waals surface area contributed by atoms with E-state index in [0.29, 0.717) is 11.4 Å². The number of hydrogen-bond acceptors (Lipinski definition) is 4. The van der Waals surface area contributed by atoms with E-state index in [4.69, 9.17) is 16.3 Å². The van der Waals surface area contributed by atoms with Crippen LogP contribution in [-0.4, -0.2) is 27.5 Å². The largest absolute Gasteiger partial charge is 0.495 e. The van der Waals surface area contributed by atoms with Crippen LogP contribution in [0.15, 0.2) is 71.6 Å². The van der Waals surface area contributed by atoms with Crippen LogP contribution in [0.1, 0.15) is 16.7 Å². The van der Waals surface area contributed by atoms with E-state index in [2.05, 4.69) is 10.0 Å². The number of rotatable bonds is 8. The van der Waals surface area contributed by atoms with Gasteiger partial charge in [0.15, 0.2) is 0 Å². The molecule has 168 valence electrons. The minimum absolute atomic E-state index is 0.0547. The number of hydrogen-bond donors (Lipinski definition) is 2. The summed E-state index contributed by atoms with van der Waals surface area (Å²) in [5.74, 6) is -0.0927. The summed E-state index contributed by atoms with van der Waals surface area (Å²) in [6, 6.07) is 17.9. The molecule has 1 atom stereocenters. The standard InChI is InChI=1S/C24H25ClN2O4S/c1-16-8-7-11-21(17(16)2)26-24(28)22(14-18-9-5-4-6-10-18)27-32(29,30)19-12-13-23(31-3)20(25)15-19/h4-13,15,22,27H,14H2,1-3H3,(H,26,28)/t22-/m1/s1. The van der Waals surface area contributed by atoms with Crippen LogP contribution in [-0.2, 0) is 21.2 Å². The average molecular weight is 473 g/mol. The first kappa shape index (κ1) is 23.8. The maximum Gasteiger partial charge on any atom is 0.242 e. The second-order valence-corrected chi connectivity index (χ2v) is 9.52. The Kier molecular flexibility index (Phi) is 7.56. The summed E-state index contributed by atoms with van der Waals surface area (Å²) in [7, 11) is -2.59. The Morgan fingerprint density at radius 3 is 2.41 bits per heavy atom. The van der Waals surface area contributed by atoms with Crippen LogP contribution in [0.5, 0.6) is 5.75 Å². The van der Waals surface area contributed by atoms with Gasteiger partial charge in [-0.3, -0.25) is 4.79 Å². The summed E-state index contributed by atoms with van der Waals surface area (Å²) in [6.45, 7) is 3.85. The minimum Gasteiger partial charge on any atom is -0.495 e. The molecular weight excluding hydrogens is 448 g/mol. The highest BCUT2D eigenvalue weighted by Crippen LogP contribution is 2.27. The van der Waals surface area contributed by atoms with Gasteiger partial charge in [0.25, 0.3) is 0 Å². The molecule has 3 aromatic rings. The fourth-order valence-electron chi connectivity index (χ4n) is 3.21. The van der Waals surface area contributed by atoms with Crippen molar-refractivity contribution in [3.63, 3.8) is 0 Å². The predicted molar refractivity (Wildman–Crippen MR) is 127 cm³/mol. The van der Waals surface area contributed by atoms with E-state index < -0.39 is 22.0 Å². The quantitative estimate of drug-likeness (QED) is 0.505. The first-order valence-electron chi connectivity index (χ1n) is 9.98. The van der Waals surface area contributed by atoms with Crippen LogP contribution < -0.4 is 14.8 Å². The Balaban J connectivity index is 1.90. The molecule has 0 fully saturated rings. The lowest BCUT2D eigenvalue weighted by Crippen LogP contribution is -2.45. The Morgan fingerprint density at radius 2 is 1.75 bits per heavy atom. The fraction of sp³-hybridized carbons (Fsp3) is 0.208. The first-order chi connectivity index (χ1) is 15.2. The van der Waals surface area contributed by atoms with Gasteiger partial charge in [-0.25, -0.2) is 8.42 Å². The third-order valence-electron chi connectivity index (χ3n) is 5.19. The van der Waals surface area contributed by atoms with Gasteiger partial charge < -0.3 is 10.1 Å². The van der Waals surface area contributed by atoms with Gasteiger partial charge in [-0.15, -0.1) is 0 Å². The Hall–Kier alpha value is -2.87. The number of amides is 1. The van der Waals surface area contributed by atoms with E-state index >= 15 is 0 Å². The zero-order valence-corrected chi connectivity index (χ0v) is 19.6. The van der Waals surface area contributed by atoms with Crippen LogP contribution in [0.2, 0.25) is 5.02 Å². The summed E-state index contributed by atoms with van der Waals surface area (Å²) in [6.07, 6.45) is 0.181. The molecule has 0 saturated heterocycles. The van der Waals surface area contributed by atoms with Gasteiger partial charge in [0, 0.05) is 5.69 Å². The summed E-state index contributed by atoms with van der Waals surface area (Å²) in [4.78, 5) is 13.1. The maximum atomic E-state index is 13.2. The molecule has 0 radical (unpaired) electrons. The molecule has 0 heterocycles. The number of ether oxygens (including phenoxy) is 1. The van der Waals surface area contributed by atoms with Gasteiger partial charge in [-0.2, -0.15) is 4.72 Å². The zero-order valence-electron chi connectivity index (χ0n) is 18.1. The molecule has 1 amide bonds. The van der Waals surface area contributed by atoms with Crippen molar-refractivity contribution in [3.05, 3.63) is 88.4 Å². The number of methoxy groups -OCH3 is 1. The summed E-state index contributed by atoms with van der Waals surface area (Å²) in [5.41, 5.74) is 3.41. The van der Waals surface area contributed by atoms with Crippen LogP contribution in [0.3, 0.4) is 0 Å². The first-order valence-corrected chi connectivity index (χ1v) is 11.8. The Bertz CT molecular complexity index is 1210. The third-order valence-corrected chi connectivity index (χ3v) is 6.96. The molecule has 6 nitrogen and oxygen atoms in total. The number of anilines is 1. The molecule has 0 saturated carbocycles. The number of benzene rings is 3. The van der Waals surface area contributed by atoms with E-state index in [9.17, 15) is 13.2 Å². The molecule has 0 aromatic heterocycles. The van der Waals surface area contributed by atoms with E-state index in [1.54, 1.807) is 6.07 Å². The highest BCUT2D eigenvalue weighted by atomic mass is 35.5. The molecule has 8 heteroatoms. The molecule has 0 bridgehead atoms. The van der Waals surface area contributed by atoms with Crippen molar-refractivity contribution < 1.29 is 17.9 Å². The number of sulfonamides is 1. The topological polar surface area (TPSA) is 84.5 Å². The molecule has 32 heavy (non-hydrogen) atoms. The predicted octanol–water partition coefficient (Wildman–Crippen LogP) is 4.49. The van der Waals surface area contributed by atoms with Crippen LogP contribution in [0.4, 0.5) is 5.69 Å². The van der Waals surface area contributed by atoms with Crippen molar-refractivity contribution in [1.29, 1.82) is 0 Å². The van der Waals surface area contributed by atoms with Crippen molar-refractivity contribution >= 4 is 33.2 Å². The second kappa shape index (κ2) is 10.2. The van der Waals surface area contributed by atoms with Crippen molar-refractivity contribution in [1.82, 2.24) is 4.72 Å². The Morgan fingerprint density at radius 1 is 1.03 bits per heavy atom. The van der Waals surface area contributed by atoms with Crippen LogP contribution in [0.25, 0.3) is 0 Å². The third kappa shape index (κ3) is 5.68. The molecular formula is C24H25ClN2O4S. The SMILES string of the molecule is COc1ccc(S(=O)(=O)N[C@H](Cc2ccccc2)C(=O)Nc2cccc(C)c2C)cc1Cl. The molecule has 0 unspecified atom stereocenters. The van der Waals surface area contributed by atoms with Crippen molar-refractivity contribution in [3.8, 4) is 5.75 Å². The van der Waals surface area contributed by atoms with E-state index in [-0.39, 0.29) is 16.3 Å². The highest BCUT2D eigenvalue weighted by Gasteiger charge is 2.27. The number of halogens is 1. The number of aryl methyl sites for hydroxylation is 1. The molecule has 0 aliphatic carbocycles. The van der Waals surface area contributed by atoms with E-state index in [1.165, 1.54) is 25.3 Å². The van der Waals surface area contributed by atoms with Crippen molar-refractivity contribution in [2.45, 2.75) is 31.2 Å². The molecule has 2 N–H and O–H groups in total. The van der Waals surface area contributed by atoms with Gasteiger partial charge in [-0.1, -0.05) is 54.1 Å². The van der Waals surface area contributed by atoms with Gasteiger partial charge in [0.05, 0.1) is 17.0 Å². The highest BCUT2D eigenvalue weighted by molar-refractivity contribution is 7.89. The monoisotopic (exact) mass is 472 g/mol. The molecule has 3 aromatic carbocycles. The smallest absolute Gasteiger partial charge is 0.242 e. The van der Waals surface area contributed by atoms with Crippen molar-refractivity contribution in [2.24, 2.45) is 0 Å². The summed E-state index contributed by atoms with van der Waals surface area (Å²) >= 11 is 6.11. The lowest BCUT2D eigenvalue weighted by Gasteiger charge is -2.20. The van der Waals surface area contributed by atoms with E-state index in [0.717, 1.165) is 16.7 Å². The number of nitrogens with one attached hydrogen (secondary N) is 2. The molecule has 0 spiro atoms.